The van der Waals surface area contributed by atoms with Gasteiger partial charge in [0.05, 0.1) is 16.4 Å². The topological polar surface area (TPSA) is 71.0 Å². The number of carbonyl (C=O) groups excluding carboxylic acids is 2. The highest BCUT2D eigenvalue weighted by atomic mass is 32.2. The number of halogens is 3. The normalized spacial score (nSPS) is 34.2. The van der Waals surface area contributed by atoms with Gasteiger partial charge in [-0.2, -0.15) is 13.2 Å². The molecule has 4 atom stereocenters. The summed E-state index contributed by atoms with van der Waals surface area (Å²) in [5.41, 5.74) is -0.269. The SMILES string of the molecule is CC[C@@H]1CC[C@@H](N=C2NC(=O)C(C)(CC3CCN(C(=O)C4=C(C(F)(F)F)O[C@@H](C)C4)CC3)S2)C1. The first-order valence-electron chi connectivity index (χ1n) is 12.3. The van der Waals surface area contributed by atoms with Gasteiger partial charge in [0.25, 0.3) is 5.91 Å². The summed E-state index contributed by atoms with van der Waals surface area (Å²) >= 11 is 1.50. The van der Waals surface area contributed by atoms with Crippen LogP contribution in [-0.4, -0.2) is 58.0 Å². The molecule has 0 spiro atoms. The molecule has 0 aromatic rings. The number of likely N-dealkylation sites (tertiary alicyclic amines) is 1. The number of rotatable bonds is 5. The van der Waals surface area contributed by atoms with Crippen molar-refractivity contribution in [3.05, 3.63) is 11.3 Å². The van der Waals surface area contributed by atoms with Crippen LogP contribution < -0.4 is 5.32 Å². The molecule has 34 heavy (non-hydrogen) atoms. The van der Waals surface area contributed by atoms with Crippen LogP contribution in [0.1, 0.15) is 72.1 Å². The van der Waals surface area contributed by atoms with Crippen LogP contribution in [0.3, 0.4) is 0 Å². The number of alkyl halides is 3. The maximum atomic E-state index is 13.3. The van der Waals surface area contributed by atoms with Crippen LogP contribution in [0.5, 0.6) is 0 Å². The number of ether oxygens (including phenoxy) is 1. The van der Waals surface area contributed by atoms with E-state index in [1.807, 2.05) is 6.92 Å². The summed E-state index contributed by atoms with van der Waals surface area (Å²) in [5, 5.41) is 3.68. The van der Waals surface area contributed by atoms with Gasteiger partial charge in [0.2, 0.25) is 11.7 Å². The molecule has 1 unspecified atom stereocenters. The molecule has 3 aliphatic heterocycles. The lowest BCUT2D eigenvalue weighted by atomic mass is 9.86. The van der Waals surface area contributed by atoms with E-state index < -0.39 is 28.7 Å². The van der Waals surface area contributed by atoms with E-state index in [-0.39, 0.29) is 29.9 Å². The summed E-state index contributed by atoms with van der Waals surface area (Å²) in [6.45, 7) is 6.45. The summed E-state index contributed by atoms with van der Waals surface area (Å²) < 4.78 is 44.1. The zero-order chi connectivity index (χ0) is 24.7. The molecule has 1 aliphatic carbocycles. The van der Waals surface area contributed by atoms with E-state index in [1.165, 1.54) is 36.4 Å². The Morgan fingerprint density at radius 2 is 1.94 bits per heavy atom. The molecule has 190 valence electrons. The van der Waals surface area contributed by atoms with Crippen molar-refractivity contribution in [3.63, 3.8) is 0 Å². The van der Waals surface area contributed by atoms with E-state index in [1.54, 1.807) is 0 Å². The third-order valence-electron chi connectivity index (χ3n) is 7.59. The van der Waals surface area contributed by atoms with Gasteiger partial charge in [-0.25, -0.2) is 0 Å². The van der Waals surface area contributed by atoms with E-state index in [9.17, 15) is 22.8 Å². The van der Waals surface area contributed by atoms with Gasteiger partial charge in [0.15, 0.2) is 5.17 Å². The fourth-order valence-electron chi connectivity index (χ4n) is 5.61. The summed E-state index contributed by atoms with van der Waals surface area (Å²) in [6, 6.07) is 0.280. The van der Waals surface area contributed by atoms with Gasteiger partial charge in [-0.05, 0) is 64.2 Å². The summed E-state index contributed by atoms with van der Waals surface area (Å²) in [6.07, 6.45) is 1.14. The van der Waals surface area contributed by atoms with Gasteiger partial charge < -0.3 is 15.0 Å². The van der Waals surface area contributed by atoms with Gasteiger partial charge in [0, 0.05) is 19.5 Å². The first-order valence-corrected chi connectivity index (χ1v) is 13.1. The minimum Gasteiger partial charge on any atom is -0.485 e. The Balaban J connectivity index is 1.32. The number of nitrogens with zero attached hydrogens (tertiary/aromatic N) is 2. The molecule has 0 aromatic heterocycles. The molecule has 0 radical (unpaired) electrons. The molecule has 10 heteroatoms. The van der Waals surface area contributed by atoms with Gasteiger partial charge in [-0.15, -0.1) is 0 Å². The van der Waals surface area contributed by atoms with Crippen LogP contribution in [-0.2, 0) is 14.3 Å². The molecule has 0 aromatic carbocycles. The van der Waals surface area contributed by atoms with Crippen molar-refractivity contribution in [3.8, 4) is 0 Å². The van der Waals surface area contributed by atoms with E-state index in [2.05, 4.69) is 12.2 Å². The zero-order valence-electron chi connectivity index (χ0n) is 20.0. The fourth-order valence-corrected chi connectivity index (χ4v) is 6.84. The molecule has 1 N–H and O–H groups in total. The number of hydrogen-bond acceptors (Lipinski definition) is 5. The summed E-state index contributed by atoms with van der Waals surface area (Å²) in [4.78, 5) is 31.9. The van der Waals surface area contributed by atoms with Crippen molar-refractivity contribution >= 4 is 28.7 Å². The third kappa shape index (κ3) is 5.41. The van der Waals surface area contributed by atoms with Crippen molar-refractivity contribution in [2.75, 3.05) is 13.1 Å². The molecule has 2 amide bonds. The van der Waals surface area contributed by atoms with E-state index >= 15 is 0 Å². The third-order valence-corrected chi connectivity index (χ3v) is 8.80. The highest BCUT2D eigenvalue weighted by Crippen LogP contribution is 2.42. The second-order valence-corrected chi connectivity index (χ2v) is 11.8. The van der Waals surface area contributed by atoms with Gasteiger partial charge in [-0.1, -0.05) is 25.1 Å². The predicted octanol–water partition coefficient (Wildman–Crippen LogP) is 4.80. The van der Waals surface area contributed by atoms with Crippen LogP contribution in [0.25, 0.3) is 0 Å². The van der Waals surface area contributed by atoms with Gasteiger partial charge in [0.1, 0.15) is 6.10 Å². The second-order valence-electron chi connectivity index (χ2n) is 10.3. The Morgan fingerprint density at radius 3 is 2.56 bits per heavy atom. The average molecular weight is 502 g/mol. The maximum Gasteiger partial charge on any atom is 0.449 e. The average Bonchev–Trinajstić information content (AvgIpc) is 3.46. The van der Waals surface area contributed by atoms with Crippen LogP contribution in [0, 0.1) is 11.8 Å². The van der Waals surface area contributed by atoms with Crippen LogP contribution in [0.15, 0.2) is 16.3 Å². The number of thioether (sulfide) groups is 1. The van der Waals surface area contributed by atoms with E-state index in [0.29, 0.717) is 37.5 Å². The number of aliphatic imine (C=N–C) groups is 1. The summed E-state index contributed by atoms with van der Waals surface area (Å²) in [5.74, 6) is -0.810. The van der Waals surface area contributed by atoms with E-state index in [0.717, 1.165) is 18.8 Å². The minimum absolute atomic E-state index is 0.0232. The Morgan fingerprint density at radius 1 is 1.24 bits per heavy atom. The second kappa shape index (κ2) is 9.74. The molecule has 2 saturated heterocycles. The lowest BCUT2D eigenvalue weighted by Crippen LogP contribution is -2.42. The number of nitrogens with one attached hydrogen (secondary N) is 1. The number of amidine groups is 1. The van der Waals surface area contributed by atoms with Crippen LogP contribution in [0.2, 0.25) is 0 Å². The zero-order valence-corrected chi connectivity index (χ0v) is 20.9. The molecule has 3 heterocycles. The molecule has 0 bridgehead atoms. The van der Waals surface area contributed by atoms with Crippen LogP contribution in [0.4, 0.5) is 13.2 Å². The molecule has 4 aliphatic rings. The van der Waals surface area contributed by atoms with Crippen molar-refractivity contribution in [1.29, 1.82) is 0 Å². The standard InChI is InChI=1S/C24H34F3N3O3S/c1-4-15-5-6-17(12-15)28-22-29-21(32)23(3,34-22)13-16-7-9-30(10-8-16)20(31)18-11-14(2)33-19(18)24(25,26)27/h14-17H,4-13H2,1-3H3,(H,28,29,32)/t14-,15+,17+,23?/m0/s1. The summed E-state index contributed by atoms with van der Waals surface area (Å²) in [7, 11) is 0. The lowest BCUT2D eigenvalue weighted by Gasteiger charge is -2.35. The van der Waals surface area contributed by atoms with Crippen molar-refractivity contribution < 1.29 is 27.5 Å². The number of piperidine rings is 1. The molecular weight excluding hydrogens is 467 g/mol. The maximum absolute atomic E-state index is 13.3. The number of hydrogen-bond donors (Lipinski definition) is 1. The molecular formula is C24H34F3N3O3S. The Kier molecular flexibility index (Phi) is 7.27. The molecule has 1 saturated carbocycles. The fraction of sp³-hybridized carbons (Fsp3) is 0.792. The van der Waals surface area contributed by atoms with Crippen molar-refractivity contribution in [2.45, 2.75) is 95.2 Å². The molecule has 6 nitrogen and oxygen atoms in total. The Labute approximate surface area is 203 Å². The van der Waals surface area contributed by atoms with Gasteiger partial charge in [-0.3, -0.25) is 14.6 Å². The Bertz CT molecular complexity index is 882. The lowest BCUT2D eigenvalue weighted by molar-refractivity contribution is -0.137. The highest BCUT2D eigenvalue weighted by Gasteiger charge is 2.47. The predicted molar refractivity (Wildman–Crippen MR) is 125 cm³/mol. The Hall–Kier alpha value is -1.71. The van der Waals surface area contributed by atoms with Crippen molar-refractivity contribution in [2.24, 2.45) is 16.8 Å². The first kappa shape index (κ1) is 25.4. The van der Waals surface area contributed by atoms with E-state index in [4.69, 9.17) is 9.73 Å². The minimum atomic E-state index is -4.66. The van der Waals surface area contributed by atoms with Crippen LogP contribution >= 0.6 is 11.8 Å². The van der Waals surface area contributed by atoms with Gasteiger partial charge >= 0.3 is 6.18 Å². The largest absolute Gasteiger partial charge is 0.485 e. The number of amides is 2. The van der Waals surface area contributed by atoms with Crippen molar-refractivity contribution in [1.82, 2.24) is 10.2 Å². The molecule has 3 fully saturated rings. The molecule has 4 rings (SSSR count). The number of carbonyl (C=O) groups is 2. The highest BCUT2D eigenvalue weighted by molar-refractivity contribution is 8.16. The smallest absolute Gasteiger partial charge is 0.449 e. The monoisotopic (exact) mass is 501 g/mol. The first-order chi connectivity index (χ1) is 16.0. The quantitative estimate of drug-likeness (QED) is 0.588. The number of allylic oxidation sites excluding steroid dienone is 1.